The van der Waals surface area contributed by atoms with Crippen molar-refractivity contribution >= 4 is 11.0 Å². The molecule has 0 N–H and O–H groups in total. The van der Waals surface area contributed by atoms with E-state index in [1.807, 2.05) is 18.2 Å². The summed E-state index contributed by atoms with van der Waals surface area (Å²) >= 11 is 0. The van der Waals surface area contributed by atoms with Gasteiger partial charge in [-0.05, 0) is 19.1 Å². The van der Waals surface area contributed by atoms with Crippen molar-refractivity contribution in [2.24, 2.45) is 0 Å². The summed E-state index contributed by atoms with van der Waals surface area (Å²) in [5.74, 6) is -0.242. The van der Waals surface area contributed by atoms with E-state index in [9.17, 15) is 5.11 Å². The fraction of sp³-hybridized carbons (Fsp3) is 0.111. The zero-order chi connectivity index (χ0) is 8.55. The minimum absolute atomic E-state index is 0.242. The molecule has 1 heterocycles. The first-order chi connectivity index (χ1) is 5.77. The maximum absolute atomic E-state index is 11.1. The number of benzene rings is 1. The van der Waals surface area contributed by atoms with Gasteiger partial charge >= 0.3 is 0 Å². The topological polar surface area (TPSA) is 48.8 Å². The van der Waals surface area contributed by atoms with Gasteiger partial charge in [-0.15, -0.1) is 0 Å². The fourth-order valence-electron chi connectivity index (χ4n) is 1.07. The molecule has 60 valence electrons. The van der Waals surface area contributed by atoms with Crippen LogP contribution in [0.1, 0.15) is 5.69 Å². The Morgan fingerprint density at radius 2 is 1.67 bits per heavy atom. The molecule has 0 bridgehead atoms. The van der Waals surface area contributed by atoms with Gasteiger partial charge in [0.2, 0.25) is 0 Å². The molecule has 12 heavy (non-hydrogen) atoms. The minimum atomic E-state index is -0.242. The third kappa shape index (κ3) is 0.993. The van der Waals surface area contributed by atoms with Crippen LogP contribution in [0.3, 0.4) is 0 Å². The van der Waals surface area contributed by atoms with Gasteiger partial charge in [-0.3, -0.25) is 9.97 Å². The number of aromatic nitrogens is 2. The Kier molecular flexibility index (Phi) is 1.43. The summed E-state index contributed by atoms with van der Waals surface area (Å²) in [5.41, 5.74) is 1.89. The fourth-order valence-corrected chi connectivity index (χ4v) is 1.07. The molecule has 3 nitrogen and oxygen atoms in total. The Bertz CT molecular complexity index is 385. The van der Waals surface area contributed by atoms with Crippen LogP contribution in [0.5, 0.6) is 5.88 Å². The predicted octanol–water partition coefficient (Wildman–Crippen LogP) is 1.01. The standard InChI is InChI=1S/C9H8N2O/c1-6-9(12)11-8-5-3-2-4-7(8)10-6/h2-5H,1H3,(H,11,12)/p-1. The van der Waals surface area contributed by atoms with Crippen molar-refractivity contribution in [3.05, 3.63) is 30.0 Å². The SMILES string of the molecule is Cc1nc2ccccc2nc1[O-]. The van der Waals surface area contributed by atoms with Gasteiger partial charge in [-0.1, -0.05) is 12.1 Å². The van der Waals surface area contributed by atoms with Gasteiger partial charge in [-0.2, -0.15) is 0 Å². The van der Waals surface area contributed by atoms with Crippen LogP contribution in [-0.4, -0.2) is 9.97 Å². The lowest BCUT2D eigenvalue weighted by atomic mass is 10.3. The van der Waals surface area contributed by atoms with Gasteiger partial charge in [0.05, 0.1) is 11.0 Å². The number of rotatable bonds is 0. The molecule has 0 aliphatic rings. The molecule has 0 spiro atoms. The van der Waals surface area contributed by atoms with E-state index in [0.717, 1.165) is 5.52 Å². The van der Waals surface area contributed by atoms with Gasteiger partial charge in [0.25, 0.3) is 0 Å². The monoisotopic (exact) mass is 159 g/mol. The normalized spacial score (nSPS) is 10.4. The summed E-state index contributed by atoms with van der Waals surface area (Å²) in [7, 11) is 0. The van der Waals surface area contributed by atoms with Crippen molar-refractivity contribution in [3.63, 3.8) is 0 Å². The van der Waals surface area contributed by atoms with E-state index in [-0.39, 0.29) is 5.88 Å². The molecular weight excluding hydrogens is 152 g/mol. The first kappa shape index (κ1) is 7.03. The predicted molar refractivity (Wildman–Crippen MR) is 43.7 cm³/mol. The smallest absolute Gasteiger partial charge is 0.0889 e. The van der Waals surface area contributed by atoms with Gasteiger partial charge in [0, 0.05) is 11.6 Å². The lowest BCUT2D eigenvalue weighted by molar-refractivity contribution is -0.275. The lowest BCUT2D eigenvalue weighted by Crippen LogP contribution is -1.99. The summed E-state index contributed by atoms with van der Waals surface area (Å²) in [4.78, 5) is 7.96. The minimum Gasteiger partial charge on any atom is -0.857 e. The molecule has 3 heteroatoms. The molecule has 0 amide bonds. The first-order valence-electron chi connectivity index (χ1n) is 3.68. The van der Waals surface area contributed by atoms with Crippen LogP contribution in [0.4, 0.5) is 0 Å². The number of hydrogen-bond acceptors (Lipinski definition) is 3. The quantitative estimate of drug-likeness (QED) is 0.576. The number of fused-ring (bicyclic) bond motifs is 1. The second-order valence-electron chi connectivity index (χ2n) is 2.60. The maximum atomic E-state index is 11.1. The van der Waals surface area contributed by atoms with Gasteiger partial charge in [0.1, 0.15) is 0 Å². The van der Waals surface area contributed by atoms with Crippen LogP contribution in [-0.2, 0) is 0 Å². The molecule has 1 aromatic carbocycles. The average molecular weight is 159 g/mol. The van der Waals surface area contributed by atoms with Gasteiger partial charge in [0.15, 0.2) is 0 Å². The molecule has 0 saturated heterocycles. The number of para-hydroxylation sites is 2. The van der Waals surface area contributed by atoms with Crippen molar-refractivity contribution in [2.75, 3.05) is 0 Å². The molecule has 0 atom stereocenters. The third-order valence-electron chi connectivity index (χ3n) is 1.70. The van der Waals surface area contributed by atoms with Crippen molar-refractivity contribution in [3.8, 4) is 5.88 Å². The van der Waals surface area contributed by atoms with Crippen molar-refractivity contribution in [1.29, 1.82) is 0 Å². The van der Waals surface area contributed by atoms with E-state index in [0.29, 0.717) is 11.2 Å². The first-order valence-corrected chi connectivity index (χ1v) is 3.68. The largest absolute Gasteiger partial charge is 0.857 e. The van der Waals surface area contributed by atoms with Gasteiger partial charge < -0.3 is 5.11 Å². The zero-order valence-corrected chi connectivity index (χ0v) is 6.61. The molecule has 2 rings (SSSR count). The maximum Gasteiger partial charge on any atom is 0.0889 e. The van der Waals surface area contributed by atoms with Crippen LogP contribution < -0.4 is 5.11 Å². The van der Waals surface area contributed by atoms with Crippen LogP contribution >= 0.6 is 0 Å². The van der Waals surface area contributed by atoms with Crippen LogP contribution in [0.25, 0.3) is 11.0 Å². The summed E-state index contributed by atoms with van der Waals surface area (Å²) in [6, 6.07) is 7.34. The second-order valence-corrected chi connectivity index (χ2v) is 2.60. The van der Waals surface area contributed by atoms with Crippen molar-refractivity contribution < 1.29 is 5.11 Å². The molecule has 0 saturated carbocycles. The molecule has 0 unspecified atom stereocenters. The average Bonchev–Trinajstić information content (AvgIpc) is 2.07. The molecule has 0 radical (unpaired) electrons. The molecule has 1 aromatic heterocycles. The number of aryl methyl sites for hydroxylation is 1. The Balaban J connectivity index is 2.84. The van der Waals surface area contributed by atoms with E-state index in [2.05, 4.69) is 9.97 Å². The Morgan fingerprint density at radius 3 is 2.33 bits per heavy atom. The van der Waals surface area contributed by atoms with E-state index in [1.165, 1.54) is 0 Å². The molecule has 0 aliphatic carbocycles. The van der Waals surface area contributed by atoms with Crippen molar-refractivity contribution in [2.45, 2.75) is 6.92 Å². The third-order valence-corrected chi connectivity index (χ3v) is 1.70. The van der Waals surface area contributed by atoms with E-state index in [1.54, 1.807) is 13.0 Å². The van der Waals surface area contributed by atoms with E-state index >= 15 is 0 Å². The Hall–Kier alpha value is -1.64. The van der Waals surface area contributed by atoms with Crippen LogP contribution in [0.2, 0.25) is 0 Å². The van der Waals surface area contributed by atoms with E-state index in [4.69, 9.17) is 0 Å². The highest BCUT2D eigenvalue weighted by Gasteiger charge is 1.95. The molecule has 2 aromatic rings. The number of nitrogens with zero attached hydrogens (tertiary/aromatic N) is 2. The highest BCUT2D eigenvalue weighted by molar-refractivity contribution is 5.74. The summed E-state index contributed by atoms with van der Waals surface area (Å²) < 4.78 is 0. The van der Waals surface area contributed by atoms with Crippen LogP contribution in [0, 0.1) is 6.92 Å². The highest BCUT2D eigenvalue weighted by Crippen LogP contribution is 2.13. The van der Waals surface area contributed by atoms with Gasteiger partial charge in [-0.25, -0.2) is 0 Å². The van der Waals surface area contributed by atoms with Crippen LogP contribution in [0.15, 0.2) is 24.3 Å². The summed E-state index contributed by atoms with van der Waals surface area (Å²) in [6.45, 7) is 1.67. The Labute approximate surface area is 69.7 Å². The number of hydrogen-bond donors (Lipinski definition) is 0. The molecule has 0 fully saturated rings. The summed E-state index contributed by atoms with van der Waals surface area (Å²) in [6.07, 6.45) is 0. The molecule has 0 aliphatic heterocycles. The Morgan fingerprint density at radius 1 is 1.08 bits per heavy atom. The lowest BCUT2D eigenvalue weighted by Gasteiger charge is -2.08. The highest BCUT2D eigenvalue weighted by atomic mass is 16.3. The second kappa shape index (κ2) is 2.44. The zero-order valence-electron chi connectivity index (χ0n) is 6.61. The summed E-state index contributed by atoms with van der Waals surface area (Å²) in [5, 5.41) is 11.1. The van der Waals surface area contributed by atoms with E-state index < -0.39 is 0 Å². The molecular formula is C9H7N2O-. The van der Waals surface area contributed by atoms with Crippen molar-refractivity contribution in [1.82, 2.24) is 9.97 Å².